The predicted molar refractivity (Wildman–Crippen MR) is 124 cm³/mol. The first-order valence-electron chi connectivity index (χ1n) is 10.2. The van der Waals surface area contributed by atoms with E-state index in [1.165, 1.54) is 17.0 Å². The molecule has 1 N–H and O–H groups in total. The molecule has 1 aliphatic heterocycles. The van der Waals surface area contributed by atoms with Gasteiger partial charge in [0.15, 0.2) is 0 Å². The molecule has 1 atom stereocenters. The van der Waals surface area contributed by atoms with Crippen molar-refractivity contribution >= 4 is 45.5 Å². The summed E-state index contributed by atoms with van der Waals surface area (Å²) in [5.74, 6) is -1.88. The van der Waals surface area contributed by atoms with Crippen LogP contribution in [0.15, 0.2) is 82.8 Å². The van der Waals surface area contributed by atoms with Crippen LogP contribution in [0.4, 0.5) is 10.1 Å². The monoisotopic (exact) mass is 461 g/mol. The Bertz CT molecular complexity index is 1470. The molecule has 5 rings (SSSR count). The number of benzene rings is 3. The van der Waals surface area contributed by atoms with E-state index < -0.39 is 23.5 Å². The summed E-state index contributed by atoms with van der Waals surface area (Å²) in [6.07, 6.45) is 0. The molecule has 0 bridgehead atoms. The number of anilines is 1. The van der Waals surface area contributed by atoms with E-state index in [2.05, 4.69) is 0 Å². The summed E-state index contributed by atoms with van der Waals surface area (Å²) in [7, 11) is 0. The summed E-state index contributed by atoms with van der Waals surface area (Å²) in [5.41, 5.74) is 0.474. The second-order valence-corrected chi connectivity index (χ2v) is 8.19. The Morgan fingerprint density at radius 3 is 2.45 bits per heavy atom. The van der Waals surface area contributed by atoms with Crippen LogP contribution in [0.2, 0.25) is 5.02 Å². The summed E-state index contributed by atoms with van der Waals surface area (Å²) in [6, 6.07) is 18.9. The van der Waals surface area contributed by atoms with Gasteiger partial charge in [-0.2, -0.15) is 0 Å². The highest BCUT2D eigenvalue weighted by atomic mass is 35.5. The van der Waals surface area contributed by atoms with Gasteiger partial charge in [-0.1, -0.05) is 48.0 Å². The van der Waals surface area contributed by atoms with Gasteiger partial charge >= 0.3 is 0 Å². The summed E-state index contributed by atoms with van der Waals surface area (Å²) in [4.78, 5) is 27.4. The molecule has 0 spiro atoms. The molecule has 5 nitrogen and oxygen atoms in total. The van der Waals surface area contributed by atoms with Crippen LogP contribution in [0.25, 0.3) is 16.5 Å². The summed E-state index contributed by atoms with van der Waals surface area (Å²) in [6.45, 7) is 1.73. The number of aliphatic hydroxyl groups is 1. The number of Topliss-reactive ketones (excluding diaryl/α,β-unsaturated/α-hetero) is 1. The van der Waals surface area contributed by atoms with Gasteiger partial charge in [0.1, 0.15) is 29.1 Å². The average molecular weight is 462 g/mol. The van der Waals surface area contributed by atoms with E-state index in [4.69, 9.17) is 16.0 Å². The number of furan rings is 1. The van der Waals surface area contributed by atoms with Gasteiger partial charge in [0.05, 0.1) is 10.6 Å². The number of ketones is 1. The van der Waals surface area contributed by atoms with E-state index in [9.17, 15) is 19.1 Å². The number of hydrogen-bond donors (Lipinski definition) is 1. The molecular weight excluding hydrogens is 445 g/mol. The molecule has 4 aromatic rings. The largest absolute Gasteiger partial charge is 0.507 e. The Morgan fingerprint density at radius 2 is 1.76 bits per heavy atom. The van der Waals surface area contributed by atoms with Gasteiger partial charge in [-0.05, 0) is 54.1 Å². The molecule has 0 saturated carbocycles. The Hall–Kier alpha value is -3.90. The Morgan fingerprint density at radius 1 is 1.00 bits per heavy atom. The molecule has 0 radical (unpaired) electrons. The number of nitrogens with zero attached hydrogens (tertiary/aromatic N) is 1. The van der Waals surface area contributed by atoms with Crippen molar-refractivity contribution in [3.05, 3.63) is 106 Å². The first kappa shape index (κ1) is 21.0. The number of carbonyl (C=O) groups is 2. The maximum atomic E-state index is 13.8. The van der Waals surface area contributed by atoms with Gasteiger partial charge in [0.25, 0.3) is 11.7 Å². The van der Waals surface area contributed by atoms with E-state index in [0.29, 0.717) is 11.3 Å². The van der Waals surface area contributed by atoms with Crippen LogP contribution in [0.3, 0.4) is 0 Å². The van der Waals surface area contributed by atoms with Crippen molar-refractivity contribution in [2.75, 3.05) is 4.90 Å². The van der Waals surface area contributed by atoms with E-state index in [1.807, 2.05) is 30.3 Å². The summed E-state index contributed by atoms with van der Waals surface area (Å²) < 4.78 is 19.5. The number of halogens is 2. The van der Waals surface area contributed by atoms with Crippen LogP contribution in [-0.2, 0) is 9.59 Å². The first-order chi connectivity index (χ1) is 15.8. The molecule has 2 heterocycles. The average Bonchev–Trinajstić information content (AvgIpc) is 3.35. The molecule has 1 aliphatic rings. The number of rotatable bonds is 3. The fraction of sp³-hybridized carbons (Fsp3) is 0.0769. The lowest BCUT2D eigenvalue weighted by Gasteiger charge is -2.23. The number of aryl methyl sites for hydroxylation is 1. The Balaban J connectivity index is 1.72. The van der Waals surface area contributed by atoms with Crippen molar-refractivity contribution in [1.82, 2.24) is 0 Å². The molecule has 164 valence electrons. The standard InChI is InChI=1S/C26H17ClFNO4/c1-14-6-11-21(33-14)23-22(24(30)17-8-7-15-4-2-3-5-16(15)12-17)25(31)26(32)29(23)18-9-10-20(28)19(27)13-18/h2-13,23,30H,1H3/b24-22-. The van der Waals surface area contributed by atoms with Crippen LogP contribution in [0.5, 0.6) is 0 Å². The van der Waals surface area contributed by atoms with Gasteiger partial charge in [-0.25, -0.2) is 4.39 Å². The zero-order valence-electron chi connectivity index (χ0n) is 17.4. The highest BCUT2D eigenvalue weighted by Gasteiger charge is 2.48. The maximum Gasteiger partial charge on any atom is 0.300 e. The third-order valence-corrected chi connectivity index (χ3v) is 5.97. The van der Waals surface area contributed by atoms with Crippen LogP contribution >= 0.6 is 11.6 Å². The minimum Gasteiger partial charge on any atom is -0.507 e. The summed E-state index contributed by atoms with van der Waals surface area (Å²) >= 11 is 5.94. The van der Waals surface area contributed by atoms with Crippen molar-refractivity contribution < 1.29 is 23.5 Å². The van der Waals surface area contributed by atoms with Gasteiger partial charge < -0.3 is 9.52 Å². The molecule has 3 aromatic carbocycles. The fourth-order valence-corrected chi connectivity index (χ4v) is 4.27. The van der Waals surface area contributed by atoms with Gasteiger partial charge in [-0.3, -0.25) is 14.5 Å². The lowest BCUT2D eigenvalue weighted by atomic mass is 9.97. The molecule has 1 amide bonds. The third-order valence-electron chi connectivity index (χ3n) is 5.68. The molecule has 0 aliphatic carbocycles. The van der Waals surface area contributed by atoms with Crippen molar-refractivity contribution in [3.8, 4) is 0 Å². The fourth-order valence-electron chi connectivity index (χ4n) is 4.10. The highest BCUT2D eigenvalue weighted by molar-refractivity contribution is 6.51. The number of hydrogen-bond acceptors (Lipinski definition) is 4. The van der Waals surface area contributed by atoms with Gasteiger partial charge in [0, 0.05) is 11.3 Å². The van der Waals surface area contributed by atoms with Crippen molar-refractivity contribution in [2.24, 2.45) is 0 Å². The lowest BCUT2D eigenvalue weighted by Crippen LogP contribution is -2.29. The van der Waals surface area contributed by atoms with Gasteiger partial charge in [0.2, 0.25) is 0 Å². The topological polar surface area (TPSA) is 70.8 Å². The summed E-state index contributed by atoms with van der Waals surface area (Å²) in [5, 5.41) is 12.9. The van der Waals surface area contributed by atoms with E-state index in [-0.39, 0.29) is 27.8 Å². The van der Waals surface area contributed by atoms with Crippen molar-refractivity contribution in [2.45, 2.75) is 13.0 Å². The zero-order valence-corrected chi connectivity index (χ0v) is 18.1. The van der Waals surface area contributed by atoms with Crippen LogP contribution in [0, 0.1) is 12.7 Å². The smallest absolute Gasteiger partial charge is 0.300 e. The SMILES string of the molecule is Cc1ccc(C2/C(=C(/O)c3ccc4ccccc4c3)C(=O)C(=O)N2c2ccc(F)c(Cl)c2)o1. The van der Waals surface area contributed by atoms with Crippen LogP contribution < -0.4 is 4.90 Å². The maximum absolute atomic E-state index is 13.8. The highest BCUT2D eigenvalue weighted by Crippen LogP contribution is 2.43. The number of fused-ring (bicyclic) bond motifs is 1. The molecule has 33 heavy (non-hydrogen) atoms. The predicted octanol–water partition coefficient (Wildman–Crippen LogP) is 6.16. The molecule has 1 unspecified atom stereocenters. The van der Waals surface area contributed by atoms with E-state index in [0.717, 1.165) is 16.8 Å². The van der Waals surface area contributed by atoms with Crippen LogP contribution in [-0.4, -0.2) is 16.8 Å². The van der Waals surface area contributed by atoms with E-state index in [1.54, 1.807) is 31.2 Å². The molecule has 1 aromatic heterocycles. The second kappa shape index (κ2) is 7.90. The first-order valence-corrected chi connectivity index (χ1v) is 10.5. The molecular formula is C26H17ClFNO4. The van der Waals surface area contributed by atoms with E-state index >= 15 is 0 Å². The Labute approximate surface area is 193 Å². The normalized spacial score (nSPS) is 17.8. The number of amides is 1. The zero-order chi connectivity index (χ0) is 23.3. The van der Waals surface area contributed by atoms with Gasteiger partial charge in [-0.15, -0.1) is 0 Å². The minimum absolute atomic E-state index is 0.120. The number of aliphatic hydroxyl groups excluding tert-OH is 1. The molecule has 1 fully saturated rings. The van der Waals surface area contributed by atoms with Crippen molar-refractivity contribution in [1.29, 1.82) is 0 Å². The quantitative estimate of drug-likeness (QED) is 0.225. The van der Waals surface area contributed by atoms with Crippen LogP contribution in [0.1, 0.15) is 23.1 Å². The molecule has 1 saturated heterocycles. The Kier molecular flexibility index (Phi) is 5.02. The minimum atomic E-state index is -1.05. The second-order valence-electron chi connectivity index (χ2n) is 7.78. The lowest BCUT2D eigenvalue weighted by molar-refractivity contribution is -0.132. The third kappa shape index (κ3) is 3.49. The van der Waals surface area contributed by atoms with Crippen molar-refractivity contribution in [3.63, 3.8) is 0 Å². The number of carbonyl (C=O) groups excluding carboxylic acids is 2. The molecule has 7 heteroatoms.